The summed E-state index contributed by atoms with van der Waals surface area (Å²) in [5, 5.41) is 0. The largest absolute Gasteiger partial charge is 0.299 e. The lowest BCUT2D eigenvalue weighted by molar-refractivity contribution is -0.121. The molecule has 0 bridgehead atoms. The van der Waals surface area contributed by atoms with Crippen LogP contribution in [0.4, 0.5) is 0 Å². The molecular weight excluding hydrogens is 148 g/mol. The Labute approximate surface area is 73.8 Å². The van der Waals surface area contributed by atoms with Gasteiger partial charge in [0.05, 0.1) is 0 Å². The van der Waals surface area contributed by atoms with Crippen LogP contribution in [0.5, 0.6) is 0 Å². The molecule has 2 saturated carbocycles. The average molecular weight is 164 g/mol. The van der Waals surface area contributed by atoms with Gasteiger partial charge < -0.3 is 0 Å². The van der Waals surface area contributed by atoms with Gasteiger partial charge in [0.25, 0.3) is 0 Å². The van der Waals surface area contributed by atoms with Crippen molar-refractivity contribution >= 4 is 5.78 Å². The third kappa shape index (κ3) is 1.03. The number of hydrogen-bond donors (Lipinski definition) is 0. The summed E-state index contributed by atoms with van der Waals surface area (Å²) in [6.45, 7) is 6.05. The molecule has 2 aliphatic carbocycles. The van der Waals surface area contributed by atoms with Crippen LogP contribution in [-0.4, -0.2) is 5.78 Å². The first-order valence-corrected chi connectivity index (χ1v) is 4.88. The highest BCUT2D eigenvalue weighted by Gasteiger charge is 2.44. The summed E-state index contributed by atoms with van der Waals surface area (Å²) < 4.78 is 0. The molecule has 12 heavy (non-hydrogen) atoms. The Morgan fingerprint density at radius 1 is 1.42 bits per heavy atom. The minimum Gasteiger partial charge on any atom is -0.299 e. The van der Waals surface area contributed by atoms with Crippen LogP contribution < -0.4 is 0 Å². The summed E-state index contributed by atoms with van der Waals surface area (Å²) >= 11 is 0. The van der Waals surface area contributed by atoms with Crippen LogP contribution in [0.15, 0.2) is 12.2 Å². The Hall–Kier alpha value is -0.590. The van der Waals surface area contributed by atoms with Crippen molar-refractivity contribution < 1.29 is 4.79 Å². The summed E-state index contributed by atoms with van der Waals surface area (Å²) in [5.41, 5.74) is 1.22. The minimum absolute atomic E-state index is 0.363. The normalized spacial score (nSPS) is 40.1. The number of rotatable bonds is 1. The molecule has 0 radical (unpaired) electrons. The number of allylic oxidation sites excluding steroid dienone is 1. The van der Waals surface area contributed by atoms with Gasteiger partial charge >= 0.3 is 0 Å². The van der Waals surface area contributed by atoms with Gasteiger partial charge in [-0.1, -0.05) is 12.2 Å². The fraction of sp³-hybridized carbons (Fsp3) is 0.727. The second-order valence-electron chi connectivity index (χ2n) is 4.32. The second-order valence-corrected chi connectivity index (χ2v) is 4.32. The Bertz CT molecular complexity index is 229. The highest BCUT2D eigenvalue weighted by atomic mass is 16.1. The van der Waals surface area contributed by atoms with Crippen molar-refractivity contribution in [3.8, 4) is 0 Å². The van der Waals surface area contributed by atoms with Gasteiger partial charge in [-0.3, -0.25) is 4.79 Å². The van der Waals surface area contributed by atoms with Crippen LogP contribution in [0, 0.1) is 17.8 Å². The van der Waals surface area contributed by atoms with Gasteiger partial charge in [-0.2, -0.15) is 0 Å². The Morgan fingerprint density at radius 2 is 2.17 bits per heavy atom. The maximum absolute atomic E-state index is 11.5. The molecule has 0 spiro atoms. The van der Waals surface area contributed by atoms with Crippen LogP contribution in [0.1, 0.15) is 32.6 Å². The van der Waals surface area contributed by atoms with Gasteiger partial charge in [0.2, 0.25) is 0 Å². The van der Waals surface area contributed by atoms with Crippen molar-refractivity contribution in [1.29, 1.82) is 0 Å². The van der Waals surface area contributed by atoms with Gasteiger partial charge in [-0.05, 0) is 38.0 Å². The van der Waals surface area contributed by atoms with Gasteiger partial charge in [-0.15, -0.1) is 0 Å². The molecule has 1 heteroatoms. The van der Waals surface area contributed by atoms with E-state index in [-0.39, 0.29) is 0 Å². The van der Waals surface area contributed by atoms with Crippen LogP contribution >= 0.6 is 0 Å². The zero-order valence-corrected chi connectivity index (χ0v) is 7.68. The standard InChI is InChI=1S/C11H16O/c1-7(2)9-5-3-8-4-6-10(12)11(8)9/h8-9,11H,1,3-6H2,2H3/t8-,9?,11+/m0/s1. The molecule has 0 aromatic rings. The number of ketones is 1. The van der Waals surface area contributed by atoms with Crippen molar-refractivity contribution in [1.82, 2.24) is 0 Å². The maximum atomic E-state index is 11.5. The zero-order chi connectivity index (χ0) is 8.72. The first-order valence-electron chi connectivity index (χ1n) is 4.88. The SMILES string of the molecule is C=C(C)C1CC[C@H]2CCC(=O)[C@@H]12. The monoisotopic (exact) mass is 164 g/mol. The molecule has 2 aliphatic rings. The van der Waals surface area contributed by atoms with E-state index < -0.39 is 0 Å². The van der Waals surface area contributed by atoms with E-state index in [0.29, 0.717) is 23.5 Å². The van der Waals surface area contributed by atoms with E-state index in [1.807, 2.05) is 0 Å². The van der Waals surface area contributed by atoms with Gasteiger partial charge in [-0.25, -0.2) is 0 Å². The second kappa shape index (κ2) is 2.72. The highest BCUT2D eigenvalue weighted by molar-refractivity contribution is 5.84. The van der Waals surface area contributed by atoms with Crippen molar-refractivity contribution in [2.24, 2.45) is 17.8 Å². The summed E-state index contributed by atoms with van der Waals surface area (Å²) in [6.07, 6.45) is 4.44. The van der Waals surface area contributed by atoms with E-state index in [9.17, 15) is 4.79 Å². The Morgan fingerprint density at radius 3 is 2.83 bits per heavy atom. The van der Waals surface area contributed by atoms with Gasteiger partial charge in [0.1, 0.15) is 5.78 Å². The lowest BCUT2D eigenvalue weighted by atomic mass is 9.87. The molecule has 0 saturated heterocycles. The van der Waals surface area contributed by atoms with E-state index in [4.69, 9.17) is 0 Å². The van der Waals surface area contributed by atoms with E-state index in [1.54, 1.807) is 0 Å². The lowest BCUT2D eigenvalue weighted by Gasteiger charge is -2.16. The van der Waals surface area contributed by atoms with E-state index >= 15 is 0 Å². The number of carbonyl (C=O) groups excluding carboxylic acids is 1. The highest BCUT2D eigenvalue weighted by Crippen LogP contribution is 2.47. The quantitative estimate of drug-likeness (QED) is 0.544. The summed E-state index contributed by atoms with van der Waals surface area (Å²) in [7, 11) is 0. The van der Waals surface area contributed by atoms with Crippen LogP contribution in [0.3, 0.4) is 0 Å². The van der Waals surface area contributed by atoms with Crippen molar-refractivity contribution in [2.75, 3.05) is 0 Å². The molecule has 0 aromatic heterocycles. The lowest BCUT2D eigenvalue weighted by Crippen LogP contribution is -2.17. The summed E-state index contributed by atoms with van der Waals surface area (Å²) in [6, 6.07) is 0. The molecule has 1 unspecified atom stereocenters. The van der Waals surface area contributed by atoms with Gasteiger partial charge in [0.15, 0.2) is 0 Å². The van der Waals surface area contributed by atoms with Crippen LogP contribution in [-0.2, 0) is 4.79 Å². The predicted octanol–water partition coefficient (Wildman–Crippen LogP) is 2.57. The first kappa shape index (κ1) is 8.03. The molecule has 0 aliphatic heterocycles. The number of carbonyl (C=O) groups is 1. The first-order chi connectivity index (χ1) is 5.70. The molecule has 0 aromatic carbocycles. The van der Waals surface area contributed by atoms with Crippen LogP contribution in [0.25, 0.3) is 0 Å². The smallest absolute Gasteiger partial charge is 0.136 e. The van der Waals surface area contributed by atoms with E-state index in [1.165, 1.54) is 18.4 Å². The topological polar surface area (TPSA) is 17.1 Å². The fourth-order valence-corrected chi connectivity index (χ4v) is 2.94. The summed E-state index contributed by atoms with van der Waals surface area (Å²) in [5.74, 6) is 2.09. The molecule has 1 nitrogen and oxygen atoms in total. The van der Waals surface area contributed by atoms with E-state index in [2.05, 4.69) is 13.5 Å². The van der Waals surface area contributed by atoms with Crippen molar-refractivity contribution in [3.05, 3.63) is 12.2 Å². The molecule has 2 rings (SSSR count). The third-order valence-corrected chi connectivity index (χ3v) is 3.56. The summed E-state index contributed by atoms with van der Waals surface area (Å²) in [4.78, 5) is 11.5. The van der Waals surface area contributed by atoms with Crippen molar-refractivity contribution in [2.45, 2.75) is 32.6 Å². The minimum atomic E-state index is 0.363. The van der Waals surface area contributed by atoms with Crippen molar-refractivity contribution in [3.63, 3.8) is 0 Å². The maximum Gasteiger partial charge on any atom is 0.136 e. The fourth-order valence-electron chi connectivity index (χ4n) is 2.94. The molecule has 2 fully saturated rings. The number of hydrogen-bond acceptors (Lipinski definition) is 1. The number of Topliss-reactive ketones (excluding diaryl/α,β-unsaturated/α-hetero) is 1. The molecule has 0 N–H and O–H groups in total. The molecular formula is C11H16O. The molecule has 66 valence electrons. The molecule has 0 amide bonds. The zero-order valence-electron chi connectivity index (χ0n) is 7.68. The number of fused-ring (bicyclic) bond motifs is 1. The molecule has 0 heterocycles. The van der Waals surface area contributed by atoms with Gasteiger partial charge in [0, 0.05) is 12.3 Å². The Kier molecular flexibility index (Phi) is 1.82. The third-order valence-electron chi connectivity index (χ3n) is 3.56. The van der Waals surface area contributed by atoms with Crippen LogP contribution in [0.2, 0.25) is 0 Å². The molecule has 3 atom stereocenters. The average Bonchev–Trinajstić information content (AvgIpc) is 2.53. The predicted molar refractivity (Wildman–Crippen MR) is 48.8 cm³/mol. The van der Waals surface area contributed by atoms with E-state index in [0.717, 1.165) is 12.8 Å². The Balaban J connectivity index is 2.19.